The van der Waals surface area contributed by atoms with Gasteiger partial charge in [-0.1, -0.05) is 18.2 Å². The fourth-order valence-electron chi connectivity index (χ4n) is 1.65. The van der Waals surface area contributed by atoms with Gasteiger partial charge in [0.1, 0.15) is 5.82 Å². The Morgan fingerprint density at radius 1 is 1.12 bits per heavy atom. The average molecular weight is 229 g/mol. The Bertz CT molecular complexity index is 520. The van der Waals surface area contributed by atoms with E-state index in [2.05, 4.69) is 15.3 Å². The van der Waals surface area contributed by atoms with Gasteiger partial charge in [0, 0.05) is 29.6 Å². The van der Waals surface area contributed by atoms with E-state index in [9.17, 15) is 4.39 Å². The van der Waals surface area contributed by atoms with Crippen LogP contribution in [0, 0.1) is 5.82 Å². The Morgan fingerprint density at radius 3 is 2.47 bits per heavy atom. The number of halogens is 1. The molecule has 0 unspecified atom stereocenters. The van der Waals surface area contributed by atoms with E-state index >= 15 is 0 Å². The quantitative estimate of drug-likeness (QED) is 0.879. The van der Waals surface area contributed by atoms with Crippen molar-refractivity contribution in [3.63, 3.8) is 0 Å². The van der Waals surface area contributed by atoms with Gasteiger partial charge >= 0.3 is 0 Å². The molecule has 0 atom stereocenters. The van der Waals surface area contributed by atoms with Crippen LogP contribution in [0.2, 0.25) is 0 Å². The lowest BCUT2D eigenvalue weighted by Gasteiger charge is -2.04. The van der Waals surface area contributed by atoms with Crippen molar-refractivity contribution in [2.24, 2.45) is 0 Å². The Kier molecular flexibility index (Phi) is 2.48. The van der Waals surface area contributed by atoms with Crippen LogP contribution in [0.3, 0.4) is 0 Å². The van der Waals surface area contributed by atoms with Crippen LogP contribution in [0.25, 0.3) is 11.1 Å². The molecule has 1 aliphatic carbocycles. The number of hydrogen-bond acceptors (Lipinski definition) is 3. The molecule has 0 saturated heterocycles. The summed E-state index contributed by atoms with van der Waals surface area (Å²) < 4.78 is 13.5. The molecule has 1 aliphatic rings. The molecule has 1 heterocycles. The van der Waals surface area contributed by atoms with Crippen molar-refractivity contribution < 1.29 is 4.39 Å². The van der Waals surface area contributed by atoms with E-state index in [0.717, 1.165) is 0 Å². The van der Waals surface area contributed by atoms with Crippen LogP contribution in [0.15, 0.2) is 36.7 Å². The molecule has 3 nitrogen and oxygen atoms in total. The third-order valence-electron chi connectivity index (χ3n) is 2.75. The number of benzene rings is 1. The summed E-state index contributed by atoms with van der Waals surface area (Å²) in [7, 11) is 0. The fraction of sp³-hybridized carbons (Fsp3) is 0.231. The molecule has 0 amide bonds. The van der Waals surface area contributed by atoms with E-state index in [1.807, 2.05) is 0 Å². The van der Waals surface area contributed by atoms with Crippen molar-refractivity contribution >= 4 is 5.95 Å². The maximum Gasteiger partial charge on any atom is 0.222 e. The van der Waals surface area contributed by atoms with Gasteiger partial charge in [0.15, 0.2) is 0 Å². The molecule has 86 valence electrons. The Hall–Kier alpha value is -1.97. The SMILES string of the molecule is Fc1ccccc1-c1cnc(NC2CC2)nc1. The van der Waals surface area contributed by atoms with Crippen LogP contribution < -0.4 is 5.32 Å². The molecular weight excluding hydrogens is 217 g/mol. The highest BCUT2D eigenvalue weighted by molar-refractivity contribution is 5.62. The molecule has 17 heavy (non-hydrogen) atoms. The predicted octanol–water partition coefficient (Wildman–Crippen LogP) is 2.86. The number of nitrogens with one attached hydrogen (secondary N) is 1. The largest absolute Gasteiger partial charge is 0.351 e. The summed E-state index contributed by atoms with van der Waals surface area (Å²) in [5.41, 5.74) is 1.23. The van der Waals surface area contributed by atoms with E-state index in [-0.39, 0.29) is 5.82 Å². The number of rotatable bonds is 3. The minimum absolute atomic E-state index is 0.251. The van der Waals surface area contributed by atoms with Gasteiger partial charge in [0.25, 0.3) is 0 Å². The van der Waals surface area contributed by atoms with Gasteiger partial charge in [-0.05, 0) is 18.9 Å². The highest BCUT2D eigenvalue weighted by Crippen LogP contribution is 2.24. The van der Waals surface area contributed by atoms with Gasteiger partial charge in [0.2, 0.25) is 5.95 Å². The maximum atomic E-state index is 13.5. The van der Waals surface area contributed by atoms with Crippen molar-refractivity contribution in [3.8, 4) is 11.1 Å². The zero-order valence-corrected chi connectivity index (χ0v) is 9.23. The van der Waals surface area contributed by atoms with Crippen LogP contribution in [0.4, 0.5) is 10.3 Å². The van der Waals surface area contributed by atoms with Crippen molar-refractivity contribution in [2.45, 2.75) is 18.9 Å². The van der Waals surface area contributed by atoms with Gasteiger partial charge in [-0.15, -0.1) is 0 Å². The summed E-state index contributed by atoms with van der Waals surface area (Å²) in [6, 6.07) is 7.15. The fourth-order valence-corrected chi connectivity index (χ4v) is 1.65. The number of anilines is 1. The molecule has 1 aromatic carbocycles. The lowest BCUT2D eigenvalue weighted by molar-refractivity contribution is 0.631. The zero-order valence-electron chi connectivity index (χ0n) is 9.23. The molecule has 3 rings (SSSR count). The summed E-state index contributed by atoms with van der Waals surface area (Å²) in [5.74, 6) is 0.367. The smallest absolute Gasteiger partial charge is 0.222 e. The third kappa shape index (κ3) is 2.25. The molecule has 0 radical (unpaired) electrons. The number of aromatic nitrogens is 2. The summed E-state index contributed by atoms with van der Waals surface area (Å²) in [4.78, 5) is 8.37. The first-order valence-electron chi connectivity index (χ1n) is 5.66. The topological polar surface area (TPSA) is 37.8 Å². The molecule has 2 aromatic rings. The predicted molar refractivity (Wildman–Crippen MR) is 64.1 cm³/mol. The van der Waals surface area contributed by atoms with Crippen molar-refractivity contribution in [3.05, 3.63) is 42.5 Å². The first-order chi connectivity index (χ1) is 8.33. The number of nitrogens with zero attached hydrogens (tertiary/aromatic N) is 2. The van der Waals surface area contributed by atoms with Crippen LogP contribution >= 0.6 is 0 Å². The molecular formula is C13H12FN3. The van der Waals surface area contributed by atoms with Crippen LogP contribution in [0.5, 0.6) is 0 Å². The van der Waals surface area contributed by atoms with Crippen molar-refractivity contribution in [2.75, 3.05) is 5.32 Å². The average Bonchev–Trinajstić information content (AvgIpc) is 3.15. The molecule has 1 fully saturated rings. The lowest BCUT2D eigenvalue weighted by Crippen LogP contribution is -2.04. The van der Waals surface area contributed by atoms with E-state index in [4.69, 9.17) is 0 Å². The molecule has 1 saturated carbocycles. The van der Waals surface area contributed by atoms with E-state index in [1.54, 1.807) is 30.6 Å². The van der Waals surface area contributed by atoms with Crippen LogP contribution in [-0.4, -0.2) is 16.0 Å². The third-order valence-corrected chi connectivity index (χ3v) is 2.75. The minimum Gasteiger partial charge on any atom is -0.351 e. The molecule has 4 heteroatoms. The van der Waals surface area contributed by atoms with Crippen LogP contribution in [-0.2, 0) is 0 Å². The highest BCUT2D eigenvalue weighted by Gasteiger charge is 2.21. The van der Waals surface area contributed by atoms with E-state index in [1.165, 1.54) is 18.9 Å². The van der Waals surface area contributed by atoms with Gasteiger partial charge in [-0.2, -0.15) is 0 Å². The number of hydrogen-bond donors (Lipinski definition) is 1. The minimum atomic E-state index is -0.251. The Labute approximate surface area is 98.7 Å². The first kappa shape index (κ1) is 10.2. The van der Waals surface area contributed by atoms with Gasteiger partial charge in [-0.25, -0.2) is 14.4 Å². The molecule has 0 bridgehead atoms. The van der Waals surface area contributed by atoms with Gasteiger partial charge in [0.05, 0.1) is 0 Å². The van der Waals surface area contributed by atoms with Crippen molar-refractivity contribution in [1.82, 2.24) is 9.97 Å². The molecule has 1 N–H and O–H groups in total. The summed E-state index contributed by atoms with van der Waals surface area (Å²) in [5, 5.41) is 3.19. The molecule has 0 spiro atoms. The second-order valence-electron chi connectivity index (χ2n) is 4.19. The standard InChI is InChI=1S/C13H12FN3/c14-12-4-2-1-3-11(12)9-7-15-13(16-8-9)17-10-5-6-10/h1-4,7-8,10H,5-6H2,(H,15,16,17). The second kappa shape index (κ2) is 4.13. The monoisotopic (exact) mass is 229 g/mol. The first-order valence-corrected chi connectivity index (χ1v) is 5.66. The Morgan fingerprint density at radius 2 is 1.82 bits per heavy atom. The maximum absolute atomic E-state index is 13.5. The Balaban J connectivity index is 1.86. The zero-order chi connectivity index (χ0) is 11.7. The summed E-state index contributed by atoms with van der Waals surface area (Å²) >= 11 is 0. The summed E-state index contributed by atoms with van der Waals surface area (Å²) in [6.07, 6.45) is 5.66. The second-order valence-corrected chi connectivity index (χ2v) is 4.19. The van der Waals surface area contributed by atoms with E-state index in [0.29, 0.717) is 23.1 Å². The molecule has 1 aromatic heterocycles. The highest BCUT2D eigenvalue weighted by atomic mass is 19.1. The normalized spacial score (nSPS) is 14.6. The van der Waals surface area contributed by atoms with Gasteiger partial charge in [-0.3, -0.25) is 0 Å². The molecule has 0 aliphatic heterocycles. The van der Waals surface area contributed by atoms with Crippen LogP contribution in [0.1, 0.15) is 12.8 Å². The van der Waals surface area contributed by atoms with Crippen molar-refractivity contribution in [1.29, 1.82) is 0 Å². The van der Waals surface area contributed by atoms with E-state index < -0.39 is 0 Å². The lowest BCUT2D eigenvalue weighted by atomic mass is 10.1. The summed E-state index contributed by atoms with van der Waals surface area (Å²) in [6.45, 7) is 0. The van der Waals surface area contributed by atoms with Gasteiger partial charge < -0.3 is 5.32 Å².